The summed E-state index contributed by atoms with van der Waals surface area (Å²) in [5.41, 5.74) is -0.984. The van der Waals surface area contributed by atoms with Gasteiger partial charge in [-0.25, -0.2) is 4.79 Å². The van der Waals surface area contributed by atoms with Crippen LogP contribution in [0.1, 0.15) is 12.6 Å². The van der Waals surface area contributed by atoms with Crippen LogP contribution < -0.4 is 11.2 Å². The van der Waals surface area contributed by atoms with Crippen LogP contribution in [0.4, 0.5) is 0 Å². The van der Waals surface area contributed by atoms with Gasteiger partial charge in [0.05, 0.1) is 5.92 Å². The number of aromatic nitrogens is 2. The van der Waals surface area contributed by atoms with E-state index in [0.29, 0.717) is 6.42 Å². The lowest BCUT2D eigenvalue weighted by Crippen LogP contribution is -2.31. The van der Waals surface area contributed by atoms with Gasteiger partial charge < -0.3 is 4.74 Å². The fourth-order valence-electron chi connectivity index (χ4n) is 1.80. The van der Waals surface area contributed by atoms with E-state index in [0.717, 1.165) is 0 Å². The largest absolute Gasteiger partial charge is 0.341 e. The van der Waals surface area contributed by atoms with Crippen LogP contribution in [0, 0.1) is 30.6 Å². The summed E-state index contributed by atoms with van der Waals surface area (Å²) in [6.45, 7) is 0. The minimum Gasteiger partial charge on any atom is -0.341 e. The smallest absolute Gasteiger partial charge is 0.330 e. The third kappa shape index (κ3) is 2.01. The Labute approximate surface area is 97.4 Å². The molecule has 2 rings (SSSR count). The highest BCUT2D eigenvalue weighted by Crippen LogP contribution is 2.31. The lowest BCUT2D eigenvalue weighted by atomic mass is 10.0. The molecule has 1 aromatic heterocycles. The van der Waals surface area contributed by atoms with Crippen LogP contribution in [0.25, 0.3) is 0 Å². The van der Waals surface area contributed by atoms with Crippen molar-refractivity contribution in [3.63, 3.8) is 0 Å². The van der Waals surface area contributed by atoms with E-state index in [1.165, 1.54) is 16.8 Å². The predicted octanol–water partition coefficient (Wildman–Crippen LogP) is -0.293. The van der Waals surface area contributed by atoms with Crippen LogP contribution in [-0.4, -0.2) is 15.7 Å². The Kier molecular flexibility index (Phi) is 2.86. The third-order valence-corrected chi connectivity index (χ3v) is 2.66. The minimum atomic E-state index is -0.532. The van der Waals surface area contributed by atoms with Gasteiger partial charge in [-0.1, -0.05) is 11.8 Å². The lowest BCUT2D eigenvalue weighted by molar-refractivity contribution is 0.0220. The zero-order valence-corrected chi connectivity index (χ0v) is 8.92. The summed E-state index contributed by atoms with van der Waals surface area (Å²) in [4.78, 5) is 24.6. The van der Waals surface area contributed by atoms with Gasteiger partial charge in [-0.05, 0) is 0 Å². The van der Waals surface area contributed by atoms with Crippen molar-refractivity contribution in [2.24, 2.45) is 5.92 Å². The molecule has 0 aliphatic carbocycles. The van der Waals surface area contributed by atoms with E-state index in [1.54, 1.807) is 0 Å². The van der Waals surface area contributed by atoms with Crippen molar-refractivity contribution in [3.8, 4) is 24.7 Å². The molecule has 5 heteroatoms. The molecule has 0 bridgehead atoms. The summed E-state index contributed by atoms with van der Waals surface area (Å²) >= 11 is 0. The first kappa shape index (κ1) is 11.3. The molecule has 86 valence electrons. The van der Waals surface area contributed by atoms with Gasteiger partial charge in [-0.15, -0.1) is 12.8 Å². The molecule has 1 aliphatic heterocycles. The molecular formula is C12H10N2O3. The number of H-pyrrole nitrogens is 1. The second-order valence-electron chi connectivity index (χ2n) is 3.70. The van der Waals surface area contributed by atoms with Crippen molar-refractivity contribution in [3.05, 3.63) is 33.1 Å². The Morgan fingerprint density at radius 3 is 2.71 bits per heavy atom. The molecule has 5 nitrogen and oxygen atoms in total. The summed E-state index contributed by atoms with van der Waals surface area (Å²) in [6.07, 6.45) is 11.4. The number of terminal acetylenes is 2. The molecule has 0 radical (unpaired) electrons. The molecule has 0 spiro atoms. The normalized spacial score (nSPS) is 27.3. The van der Waals surface area contributed by atoms with Crippen molar-refractivity contribution in [2.45, 2.75) is 18.8 Å². The number of ether oxygens (including phenoxy) is 1. The number of nitrogens with zero attached hydrogens (tertiary/aromatic N) is 1. The van der Waals surface area contributed by atoms with Crippen molar-refractivity contribution >= 4 is 0 Å². The molecule has 0 aromatic carbocycles. The van der Waals surface area contributed by atoms with Gasteiger partial charge in [0.1, 0.15) is 12.3 Å². The van der Waals surface area contributed by atoms with E-state index < -0.39 is 23.6 Å². The van der Waals surface area contributed by atoms with Crippen LogP contribution in [0.15, 0.2) is 21.9 Å². The maximum absolute atomic E-state index is 11.5. The number of hydrogen-bond acceptors (Lipinski definition) is 3. The molecule has 1 aliphatic rings. The van der Waals surface area contributed by atoms with E-state index in [1.807, 2.05) is 0 Å². The van der Waals surface area contributed by atoms with Gasteiger partial charge in [0.25, 0.3) is 5.56 Å². The maximum Gasteiger partial charge on any atom is 0.330 e. The molecule has 0 saturated carbocycles. The van der Waals surface area contributed by atoms with E-state index in [-0.39, 0.29) is 5.92 Å². The number of hydrogen-bond donors (Lipinski definition) is 1. The average Bonchev–Trinajstić information content (AvgIpc) is 2.72. The highest BCUT2D eigenvalue weighted by atomic mass is 16.5. The second kappa shape index (κ2) is 4.32. The third-order valence-electron chi connectivity index (χ3n) is 2.66. The first-order valence-corrected chi connectivity index (χ1v) is 5.05. The number of rotatable bonds is 1. The average molecular weight is 230 g/mol. The minimum absolute atomic E-state index is 0.219. The Morgan fingerprint density at radius 1 is 1.41 bits per heavy atom. The van der Waals surface area contributed by atoms with Crippen molar-refractivity contribution in [2.75, 3.05) is 0 Å². The zero-order valence-electron chi connectivity index (χ0n) is 8.92. The molecule has 17 heavy (non-hydrogen) atoms. The monoisotopic (exact) mass is 230 g/mol. The number of aromatic amines is 1. The first-order valence-electron chi connectivity index (χ1n) is 5.05. The van der Waals surface area contributed by atoms with Crippen LogP contribution in [-0.2, 0) is 4.74 Å². The quantitative estimate of drug-likeness (QED) is 0.674. The van der Waals surface area contributed by atoms with Gasteiger partial charge in [-0.3, -0.25) is 14.3 Å². The van der Waals surface area contributed by atoms with Crippen LogP contribution in [0.2, 0.25) is 0 Å². The molecule has 1 N–H and O–H groups in total. The summed E-state index contributed by atoms with van der Waals surface area (Å²) < 4.78 is 6.76. The Morgan fingerprint density at radius 2 is 2.18 bits per heavy atom. The second-order valence-corrected chi connectivity index (χ2v) is 3.70. The van der Waals surface area contributed by atoms with E-state index in [9.17, 15) is 9.59 Å². The Balaban J connectivity index is 2.33. The highest BCUT2D eigenvalue weighted by Gasteiger charge is 2.34. The predicted molar refractivity (Wildman–Crippen MR) is 61.0 cm³/mol. The first-order chi connectivity index (χ1) is 8.15. The lowest BCUT2D eigenvalue weighted by Gasteiger charge is -2.12. The van der Waals surface area contributed by atoms with E-state index >= 15 is 0 Å². The van der Waals surface area contributed by atoms with Crippen LogP contribution in [0.5, 0.6) is 0 Å². The van der Waals surface area contributed by atoms with Crippen molar-refractivity contribution < 1.29 is 4.74 Å². The fourth-order valence-corrected chi connectivity index (χ4v) is 1.80. The van der Waals surface area contributed by atoms with Crippen molar-refractivity contribution in [1.29, 1.82) is 0 Å². The fraction of sp³-hybridized carbons (Fsp3) is 0.333. The summed E-state index contributed by atoms with van der Waals surface area (Å²) in [5.74, 6) is 4.77. The maximum atomic E-state index is 11.5. The highest BCUT2D eigenvalue weighted by molar-refractivity contribution is 5.11. The topological polar surface area (TPSA) is 64.1 Å². The van der Waals surface area contributed by atoms with E-state index in [4.69, 9.17) is 17.6 Å². The van der Waals surface area contributed by atoms with Crippen LogP contribution >= 0.6 is 0 Å². The SMILES string of the molecule is C#C[C@H]1C[C@H](n2ccc(=O)[nH]c2=O)O[C@@H]1C#C. The van der Waals surface area contributed by atoms with Gasteiger partial charge in [0.2, 0.25) is 0 Å². The molecule has 2 heterocycles. The zero-order chi connectivity index (χ0) is 12.4. The summed E-state index contributed by atoms with van der Waals surface area (Å²) in [6, 6.07) is 1.25. The molecule has 0 unspecified atom stereocenters. The van der Waals surface area contributed by atoms with Gasteiger partial charge in [-0.2, -0.15) is 0 Å². The molecule has 1 fully saturated rings. The summed E-state index contributed by atoms with van der Waals surface area (Å²) in [7, 11) is 0. The Bertz CT molecular complexity index is 592. The molecular weight excluding hydrogens is 220 g/mol. The molecule has 1 saturated heterocycles. The Hall–Kier alpha value is -2.24. The van der Waals surface area contributed by atoms with Gasteiger partial charge >= 0.3 is 5.69 Å². The molecule has 3 atom stereocenters. The molecule has 1 aromatic rings. The van der Waals surface area contributed by atoms with Gasteiger partial charge in [0, 0.05) is 18.7 Å². The van der Waals surface area contributed by atoms with E-state index in [2.05, 4.69) is 16.8 Å². The molecule has 0 amide bonds. The number of nitrogens with one attached hydrogen (secondary N) is 1. The summed E-state index contributed by atoms with van der Waals surface area (Å²) in [5, 5.41) is 0. The van der Waals surface area contributed by atoms with Crippen LogP contribution in [0.3, 0.4) is 0 Å². The van der Waals surface area contributed by atoms with Gasteiger partial charge in [0.15, 0.2) is 0 Å². The van der Waals surface area contributed by atoms with Crippen molar-refractivity contribution in [1.82, 2.24) is 9.55 Å². The standard InChI is InChI=1S/C12H10N2O3/c1-3-8-7-11(17-9(8)4-2)14-6-5-10(15)13-12(14)16/h1-2,5-6,8-9,11H,7H2,(H,13,15,16)/t8-,9+,11+/m0/s1.